The van der Waals surface area contributed by atoms with E-state index < -0.39 is 0 Å². The fourth-order valence-corrected chi connectivity index (χ4v) is 7.60. The zero-order valence-electron chi connectivity index (χ0n) is 31.6. The van der Waals surface area contributed by atoms with Gasteiger partial charge >= 0.3 is 17.3 Å². The predicted octanol–water partition coefficient (Wildman–Crippen LogP) is 8.64. The van der Waals surface area contributed by atoms with Crippen molar-refractivity contribution in [3.05, 3.63) is 92.6 Å². The van der Waals surface area contributed by atoms with Crippen LogP contribution in [-0.4, -0.2) is 66.8 Å². The predicted molar refractivity (Wildman–Crippen MR) is 210 cm³/mol. The minimum absolute atomic E-state index is 0.0396. The molecule has 0 saturated heterocycles. The molecular weight excluding hydrogens is 653 g/mol. The lowest BCUT2D eigenvalue weighted by atomic mass is 9.97. The molecule has 52 heavy (non-hydrogen) atoms. The highest BCUT2D eigenvalue weighted by atomic mass is 16.5. The molecule has 0 aliphatic carbocycles. The third kappa shape index (κ3) is 6.38. The van der Waals surface area contributed by atoms with Crippen molar-refractivity contribution in [2.75, 3.05) is 26.2 Å². The molecule has 2 aliphatic rings. The molecule has 2 aromatic carbocycles. The third-order valence-corrected chi connectivity index (χ3v) is 10.5. The smallest absolute Gasteiger partial charge is 0.328 e. The molecule has 0 atom stereocenters. The molecule has 0 N–H and O–H groups in total. The molecule has 2 amide bonds. The van der Waals surface area contributed by atoms with Crippen molar-refractivity contribution < 1.29 is 14.3 Å². The number of hydrogen-bond acceptors (Lipinski definition) is 5. The number of carbonyl (C=O) groups excluding carboxylic acids is 2. The Kier molecular flexibility index (Phi) is 11.1. The molecule has 4 aromatic rings. The lowest BCUT2D eigenvalue weighted by molar-refractivity contribution is -0.393. The molecule has 0 fully saturated rings. The van der Waals surface area contributed by atoms with Gasteiger partial charge in [-0.05, 0) is 43.9 Å². The second kappa shape index (κ2) is 15.7. The first kappa shape index (κ1) is 36.8. The van der Waals surface area contributed by atoms with Gasteiger partial charge in [0.15, 0.2) is 0 Å². The van der Waals surface area contributed by atoms with Crippen molar-refractivity contribution >= 4 is 57.2 Å². The standard InChI is InChI=1S/C42H52N6O4/c1-7-11-23-45(24-12-8-2)41(49)35-27-31-29-19-15-17-21-33(29)43(5)37(31)39(47(35)51)40-38-32(30-20-16-18-22-34(30)44(38)6)28-36(48(40)52)42(50)46(25-13-9-3)26-14-10-4/h15-22,27-28H,7-14,23-26H2,1-6H3. The van der Waals surface area contributed by atoms with Gasteiger partial charge in [0.25, 0.3) is 5.91 Å². The zero-order chi connectivity index (χ0) is 37.1. The fraction of sp³-hybridized carbons (Fsp3) is 0.429. The van der Waals surface area contributed by atoms with E-state index in [1.165, 1.54) is 0 Å². The number of rotatable bonds is 14. The van der Waals surface area contributed by atoms with Gasteiger partial charge < -0.3 is 29.2 Å². The van der Waals surface area contributed by atoms with Gasteiger partial charge in [0.1, 0.15) is 11.4 Å². The molecule has 0 unspecified atom stereocenters. The Labute approximate surface area is 306 Å². The van der Waals surface area contributed by atoms with E-state index in [1.807, 2.05) is 71.8 Å². The summed E-state index contributed by atoms with van der Waals surface area (Å²) in [5, 5.41) is 17.5. The van der Waals surface area contributed by atoms with Gasteiger partial charge in [-0.3, -0.25) is 9.59 Å². The SMILES string of the molecule is CCCCN(CCCC)C(=O)C1=Cc2c(n(C)c3ccccc23)C(=C2c3c(c4ccccc4n3C)C=C(C(=O)N(CCCC)CCCC)[N+]2=O)N1[O-]. The number of nitrogens with zero attached hydrogens (tertiary/aromatic N) is 6. The normalized spacial score (nSPS) is 15.5. The Balaban J connectivity index is 1.66. The molecule has 274 valence electrons. The Hall–Kier alpha value is -4.96. The molecule has 4 heterocycles. The maximum Gasteiger partial charge on any atom is 0.328 e. The van der Waals surface area contributed by atoms with Crippen LogP contribution in [0, 0.1) is 10.1 Å². The summed E-state index contributed by atoms with van der Waals surface area (Å²) >= 11 is 0. The summed E-state index contributed by atoms with van der Waals surface area (Å²) in [4.78, 5) is 47.7. The van der Waals surface area contributed by atoms with E-state index in [2.05, 4.69) is 27.7 Å². The number of hydrogen-bond donors (Lipinski definition) is 0. The molecule has 10 nitrogen and oxygen atoms in total. The summed E-state index contributed by atoms with van der Waals surface area (Å²) in [6, 6.07) is 15.7. The van der Waals surface area contributed by atoms with Crippen LogP contribution >= 0.6 is 0 Å². The van der Waals surface area contributed by atoms with Crippen LogP contribution in [0.3, 0.4) is 0 Å². The number of fused-ring (bicyclic) bond motifs is 6. The van der Waals surface area contributed by atoms with Gasteiger partial charge in [0.2, 0.25) is 0 Å². The average Bonchev–Trinajstić information content (AvgIpc) is 3.60. The highest BCUT2D eigenvalue weighted by molar-refractivity contribution is 6.11. The second-order valence-electron chi connectivity index (χ2n) is 14.0. The number of amides is 2. The minimum atomic E-state index is -0.365. The van der Waals surface area contributed by atoms with Gasteiger partial charge in [-0.25, -0.2) is 0 Å². The van der Waals surface area contributed by atoms with E-state index in [1.54, 1.807) is 22.0 Å². The Morgan fingerprint density at radius 2 is 1.10 bits per heavy atom. The fourth-order valence-electron chi connectivity index (χ4n) is 7.60. The van der Waals surface area contributed by atoms with Crippen LogP contribution < -0.4 is 0 Å². The van der Waals surface area contributed by atoms with E-state index in [9.17, 15) is 9.59 Å². The van der Waals surface area contributed by atoms with Crippen molar-refractivity contribution in [3.8, 4) is 0 Å². The van der Waals surface area contributed by atoms with Crippen LogP contribution in [0.4, 0.5) is 0 Å². The van der Waals surface area contributed by atoms with E-state index in [-0.39, 0.29) is 34.6 Å². The number of hydroxylamine groups is 2. The lowest BCUT2D eigenvalue weighted by Crippen LogP contribution is -2.40. The molecule has 10 heteroatoms. The second-order valence-corrected chi connectivity index (χ2v) is 14.0. The molecule has 0 bridgehead atoms. The summed E-state index contributed by atoms with van der Waals surface area (Å²) in [7, 11) is 3.76. The first-order valence-electron chi connectivity index (χ1n) is 19.1. The Morgan fingerprint density at radius 3 is 1.60 bits per heavy atom. The van der Waals surface area contributed by atoms with Gasteiger partial charge in [0.05, 0.1) is 16.2 Å². The van der Waals surface area contributed by atoms with Crippen LogP contribution in [0.2, 0.25) is 0 Å². The number of nitroso groups, excluding NO2 is 1. The molecule has 2 aliphatic heterocycles. The van der Waals surface area contributed by atoms with Crippen LogP contribution in [0.1, 0.15) is 102 Å². The number of aromatic nitrogens is 2. The van der Waals surface area contributed by atoms with Crippen molar-refractivity contribution in [3.63, 3.8) is 0 Å². The maximum absolute atomic E-state index is 15.1. The first-order valence-corrected chi connectivity index (χ1v) is 19.1. The van der Waals surface area contributed by atoms with Crippen LogP contribution in [0.15, 0.2) is 59.9 Å². The highest BCUT2D eigenvalue weighted by Gasteiger charge is 2.46. The van der Waals surface area contributed by atoms with Crippen molar-refractivity contribution in [1.82, 2.24) is 24.0 Å². The first-order chi connectivity index (χ1) is 25.2. The van der Waals surface area contributed by atoms with Crippen molar-refractivity contribution in [2.24, 2.45) is 14.1 Å². The summed E-state index contributed by atoms with van der Waals surface area (Å²) in [6.07, 6.45) is 10.3. The Bertz CT molecular complexity index is 2100. The van der Waals surface area contributed by atoms with Gasteiger partial charge in [0, 0.05) is 84.2 Å². The van der Waals surface area contributed by atoms with Crippen LogP contribution in [-0.2, 0) is 23.7 Å². The molecule has 6 rings (SSSR count). The molecule has 0 saturated carbocycles. The zero-order valence-corrected chi connectivity index (χ0v) is 31.6. The van der Waals surface area contributed by atoms with E-state index in [4.69, 9.17) is 0 Å². The lowest BCUT2D eigenvalue weighted by Gasteiger charge is -2.39. The van der Waals surface area contributed by atoms with Gasteiger partial charge in [-0.1, -0.05) is 89.8 Å². The molecular formula is C42H52N6O4. The topological polar surface area (TPSA) is 96.9 Å². The van der Waals surface area contributed by atoms with E-state index in [0.29, 0.717) is 58.5 Å². The molecule has 2 aromatic heterocycles. The highest BCUT2D eigenvalue weighted by Crippen LogP contribution is 2.47. The summed E-state index contributed by atoms with van der Waals surface area (Å²) in [5.41, 5.74) is 4.20. The summed E-state index contributed by atoms with van der Waals surface area (Å²) in [5.74, 6) is -0.729. The number of carbonyl (C=O) groups is 2. The summed E-state index contributed by atoms with van der Waals surface area (Å²) in [6.45, 7) is 10.4. The average molecular weight is 705 g/mol. The van der Waals surface area contributed by atoms with Crippen LogP contribution in [0.25, 0.3) is 45.4 Å². The summed E-state index contributed by atoms with van der Waals surface area (Å²) < 4.78 is 4.51. The number of unbranched alkanes of at least 4 members (excludes halogenated alkanes) is 4. The van der Waals surface area contributed by atoms with Crippen molar-refractivity contribution in [2.45, 2.75) is 79.1 Å². The quantitative estimate of drug-likeness (QED) is 0.123. The number of para-hydroxylation sites is 2. The van der Waals surface area contributed by atoms with Gasteiger partial charge in [-0.15, -0.1) is 0 Å². The van der Waals surface area contributed by atoms with E-state index in [0.717, 1.165) is 73.2 Å². The monoisotopic (exact) mass is 704 g/mol. The maximum atomic E-state index is 15.1. The molecule has 0 spiro atoms. The molecule has 0 radical (unpaired) electrons. The third-order valence-electron chi connectivity index (χ3n) is 10.5. The van der Waals surface area contributed by atoms with E-state index >= 15 is 10.1 Å². The van der Waals surface area contributed by atoms with Crippen molar-refractivity contribution in [1.29, 1.82) is 0 Å². The largest absolute Gasteiger partial charge is 0.753 e. The number of aryl methyl sites for hydroxylation is 2. The minimum Gasteiger partial charge on any atom is -0.753 e. The van der Waals surface area contributed by atoms with Gasteiger partial charge in [-0.2, -0.15) is 0 Å². The van der Waals surface area contributed by atoms with Crippen LogP contribution in [0.5, 0.6) is 0 Å². The number of benzene rings is 2. The Morgan fingerprint density at radius 1 is 0.654 bits per heavy atom.